The van der Waals surface area contributed by atoms with E-state index in [0.29, 0.717) is 31.2 Å². The Balaban J connectivity index is 1.35. The molecule has 39 heavy (non-hydrogen) atoms. The number of piperazine rings is 1. The molecule has 208 valence electrons. The van der Waals surface area contributed by atoms with Crippen molar-refractivity contribution in [1.29, 1.82) is 0 Å². The standard InChI is InChI=1S/C27H28F4N4O4/c1-15(32)24-23(26(36)35-10-8-34(9-11-35)20-6-5-18(28)13-19(20)29)33-25(39-24)17-4-7-21(38-27(30)31)22(12-17)37-14-16-2-3-16/h4-7,12-13,15-16,27H,2-3,8-11,14,32H2,1H3/t15-/m0/s1. The van der Waals surface area contributed by atoms with Crippen molar-refractivity contribution in [2.45, 2.75) is 32.4 Å². The van der Waals surface area contributed by atoms with Gasteiger partial charge < -0.3 is 29.4 Å². The highest BCUT2D eigenvalue weighted by Gasteiger charge is 2.30. The van der Waals surface area contributed by atoms with E-state index in [1.165, 1.54) is 30.3 Å². The van der Waals surface area contributed by atoms with Gasteiger partial charge in [-0.25, -0.2) is 13.8 Å². The number of hydrogen-bond donors (Lipinski definition) is 1. The average molecular weight is 549 g/mol. The van der Waals surface area contributed by atoms with Gasteiger partial charge in [-0.15, -0.1) is 0 Å². The van der Waals surface area contributed by atoms with Crippen molar-refractivity contribution < 1.29 is 36.2 Å². The van der Waals surface area contributed by atoms with Crippen LogP contribution in [0, 0.1) is 17.6 Å². The van der Waals surface area contributed by atoms with E-state index < -0.39 is 30.2 Å². The van der Waals surface area contributed by atoms with Crippen LogP contribution < -0.4 is 20.1 Å². The lowest BCUT2D eigenvalue weighted by atomic mass is 10.2. The monoisotopic (exact) mass is 548 g/mol. The highest BCUT2D eigenvalue weighted by molar-refractivity contribution is 5.94. The number of aromatic nitrogens is 1. The summed E-state index contributed by atoms with van der Waals surface area (Å²) in [7, 11) is 0. The Kier molecular flexibility index (Phi) is 7.65. The third-order valence-electron chi connectivity index (χ3n) is 6.66. The number of benzene rings is 2. The fraction of sp³-hybridized carbons (Fsp3) is 0.407. The van der Waals surface area contributed by atoms with E-state index in [4.69, 9.17) is 14.9 Å². The maximum Gasteiger partial charge on any atom is 0.387 e. The van der Waals surface area contributed by atoms with Crippen molar-refractivity contribution in [3.63, 3.8) is 0 Å². The molecule has 2 aromatic carbocycles. The first-order valence-corrected chi connectivity index (χ1v) is 12.7. The molecule has 1 amide bonds. The van der Waals surface area contributed by atoms with Gasteiger partial charge in [0, 0.05) is 37.8 Å². The van der Waals surface area contributed by atoms with Crippen LogP contribution in [0.5, 0.6) is 11.5 Å². The van der Waals surface area contributed by atoms with Gasteiger partial charge >= 0.3 is 6.61 Å². The summed E-state index contributed by atoms with van der Waals surface area (Å²) in [5, 5.41) is 0. The number of alkyl halides is 2. The number of nitrogens with two attached hydrogens (primary N) is 1. The molecular weight excluding hydrogens is 520 g/mol. The van der Waals surface area contributed by atoms with Crippen LogP contribution in [0.1, 0.15) is 42.1 Å². The zero-order valence-corrected chi connectivity index (χ0v) is 21.2. The van der Waals surface area contributed by atoms with Gasteiger partial charge in [0.1, 0.15) is 11.6 Å². The van der Waals surface area contributed by atoms with Crippen LogP contribution in [-0.2, 0) is 0 Å². The van der Waals surface area contributed by atoms with Crippen molar-refractivity contribution in [2.75, 3.05) is 37.7 Å². The molecule has 2 N–H and O–H groups in total. The third kappa shape index (κ3) is 6.11. The SMILES string of the molecule is C[C@H](N)c1oc(-c2ccc(OC(F)F)c(OCC3CC3)c2)nc1C(=O)N1CCN(c2ccc(F)cc2F)CC1. The molecule has 2 heterocycles. The van der Waals surface area contributed by atoms with Gasteiger partial charge in [0.05, 0.1) is 18.3 Å². The molecule has 0 unspecified atom stereocenters. The highest BCUT2D eigenvalue weighted by Crippen LogP contribution is 2.37. The molecule has 12 heteroatoms. The third-order valence-corrected chi connectivity index (χ3v) is 6.66. The number of anilines is 1. The molecule has 1 aliphatic heterocycles. The van der Waals surface area contributed by atoms with Crippen molar-refractivity contribution in [1.82, 2.24) is 9.88 Å². The fourth-order valence-electron chi connectivity index (χ4n) is 4.39. The summed E-state index contributed by atoms with van der Waals surface area (Å²) < 4.78 is 69.5. The molecule has 1 saturated carbocycles. The smallest absolute Gasteiger partial charge is 0.387 e. The first-order valence-electron chi connectivity index (χ1n) is 12.7. The molecule has 0 radical (unpaired) electrons. The molecule has 2 fully saturated rings. The Bertz CT molecular complexity index is 1340. The van der Waals surface area contributed by atoms with E-state index in [-0.39, 0.29) is 47.6 Å². The van der Waals surface area contributed by atoms with Crippen LogP contribution in [0.3, 0.4) is 0 Å². The Hall–Kier alpha value is -3.80. The van der Waals surface area contributed by atoms with Crippen LogP contribution in [0.25, 0.3) is 11.5 Å². The van der Waals surface area contributed by atoms with Gasteiger partial charge in [0.15, 0.2) is 23.0 Å². The van der Waals surface area contributed by atoms with Crippen LogP contribution in [0.4, 0.5) is 23.2 Å². The Morgan fingerprint density at radius 3 is 2.49 bits per heavy atom. The van der Waals surface area contributed by atoms with Gasteiger partial charge in [0.25, 0.3) is 5.91 Å². The van der Waals surface area contributed by atoms with Crippen molar-refractivity contribution in [3.05, 3.63) is 59.5 Å². The van der Waals surface area contributed by atoms with Crippen molar-refractivity contribution >= 4 is 11.6 Å². The largest absolute Gasteiger partial charge is 0.489 e. The molecule has 1 saturated heterocycles. The number of carbonyl (C=O) groups is 1. The van der Waals surface area contributed by atoms with Crippen LogP contribution in [-0.4, -0.2) is 55.2 Å². The van der Waals surface area contributed by atoms with Gasteiger partial charge in [-0.3, -0.25) is 4.79 Å². The lowest BCUT2D eigenvalue weighted by molar-refractivity contribution is -0.0515. The summed E-state index contributed by atoms with van der Waals surface area (Å²) in [6, 6.07) is 7.05. The Morgan fingerprint density at radius 2 is 1.85 bits per heavy atom. The van der Waals surface area contributed by atoms with E-state index >= 15 is 0 Å². The number of hydrogen-bond acceptors (Lipinski definition) is 7. The molecule has 1 aliphatic carbocycles. The molecule has 2 aliphatic rings. The summed E-state index contributed by atoms with van der Waals surface area (Å²) in [6.07, 6.45) is 2.03. The highest BCUT2D eigenvalue weighted by atomic mass is 19.3. The minimum Gasteiger partial charge on any atom is -0.489 e. The van der Waals surface area contributed by atoms with E-state index in [0.717, 1.165) is 18.9 Å². The predicted molar refractivity (Wildman–Crippen MR) is 134 cm³/mol. The number of oxazole rings is 1. The Labute approximate surface area is 222 Å². The lowest BCUT2D eigenvalue weighted by Gasteiger charge is -2.36. The van der Waals surface area contributed by atoms with Gasteiger partial charge in [-0.2, -0.15) is 8.78 Å². The average Bonchev–Trinajstić information content (AvgIpc) is 3.62. The van der Waals surface area contributed by atoms with Crippen molar-refractivity contribution in [3.8, 4) is 23.0 Å². The van der Waals surface area contributed by atoms with Gasteiger partial charge in [-0.05, 0) is 56.0 Å². The molecule has 1 atom stereocenters. The topological polar surface area (TPSA) is 94.1 Å². The molecule has 5 rings (SSSR count). The number of ether oxygens (including phenoxy) is 2. The maximum atomic E-state index is 14.2. The summed E-state index contributed by atoms with van der Waals surface area (Å²) in [4.78, 5) is 21.2. The van der Waals surface area contributed by atoms with E-state index in [1.54, 1.807) is 16.7 Å². The zero-order chi connectivity index (χ0) is 27.7. The molecule has 0 spiro atoms. The first kappa shape index (κ1) is 26.8. The molecule has 1 aromatic heterocycles. The fourth-order valence-corrected chi connectivity index (χ4v) is 4.39. The van der Waals surface area contributed by atoms with Gasteiger partial charge in [0.2, 0.25) is 5.89 Å². The quantitative estimate of drug-likeness (QED) is 0.377. The molecule has 8 nitrogen and oxygen atoms in total. The molecule has 0 bridgehead atoms. The van der Waals surface area contributed by atoms with E-state index in [2.05, 4.69) is 9.72 Å². The Morgan fingerprint density at radius 1 is 1.10 bits per heavy atom. The summed E-state index contributed by atoms with van der Waals surface area (Å²) >= 11 is 0. The second-order valence-corrected chi connectivity index (χ2v) is 9.69. The molecular formula is C27H28F4N4O4. The van der Waals surface area contributed by atoms with Crippen LogP contribution in [0.2, 0.25) is 0 Å². The summed E-state index contributed by atoms with van der Waals surface area (Å²) in [6.45, 7) is 0.218. The lowest BCUT2D eigenvalue weighted by Crippen LogP contribution is -2.49. The summed E-state index contributed by atoms with van der Waals surface area (Å²) in [5.41, 5.74) is 6.79. The number of amides is 1. The second kappa shape index (κ2) is 11.1. The normalized spacial score (nSPS) is 16.5. The minimum atomic E-state index is -3.02. The number of carbonyl (C=O) groups excluding carboxylic acids is 1. The maximum absolute atomic E-state index is 14.2. The van der Waals surface area contributed by atoms with Crippen molar-refractivity contribution in [2.24, 2.45) is 11.7 Å². The number of rotatable bonds is 9. The van der Waals surface area contributed by atoms with Crippen LogP contribution >= 0.6 is 0 Å². The zero-order valence-electron chi connectivity index (χ0n) is 21.2. The number of nitrogens with zero attached hydrogens (tertiary/aromatic N) is 3. The van der Waals surface area contributed by atoms with E-state index in [9.17, 15) is 22.4 Å². The van der Waals surface area contributed by atoms with Crippen LogP contribution in [0.15, 0.2) is 40.8 Å². The minimum absolute atomic E-state index is 0.0368. The van der Waals surface area contributed by atoms with Gasteiger partial charge in [-0.1, -0.05) is 0 Å². The number of halogens is 4. The first-order chi connectivity index (χ1) is 18.7. The molecule has 3 aromatic rings. The second-order valence-electron chi connectivity index (χ2n) is 9.69. The predicted octanol–water partition coefficient (Wildman–Crippen LogP) is 4.99. The van der Waals surface area contributed by atoms with E-state index in [1.807, 2.05) is 0 Å². The summed E-state index contributed by atoms with van der Waals surface area (Å²) in [5.74, 6) is -1.08.